The minimum absolute atomic E-state index is 0.0409. The average Bonchev–Trinajstić information content (AvgIpc) is 2.27. The fourth-order valence-corrected chi connectivity index (χ4v) is 2.84. The third-order valence-corrected chi connectivity index (χ3v) is 4.11. The lowest BCUT2D eigenvalue weighted by molar-refractivity contribution is -0.136. The Balaban J connectivity index is 2.13. The Kier molecular flexibility index (Phi) is 6.40. The summed E-state index contributed by atoms with van der Waals surface area (Å²) in [6.45, 7) is 2.18. The second-order valence-corrected chi connectivity index (χ2v) is 5.74. The number of carbonyl (C=O) groups is 2. The van der Waals surface area contributed by atoms with Crippen LogP contribution in [0.2, 0.25) is 0 Å². The van der Waals surface area contributed by atoms with Gasteiger partial charge in [-0.1, -0.05) is 19.8 Å². The van der Waals surface area contributed by atoms with Gasteiger partial charge in [0.05, 0.1) is 12.2 Å². The van der Waals surface area contributed by atoms with Crippen LogP contribution in [-0.2, 0) is 9.59 Å². The van der Waals surface area contributed by atoms with E-state index in [0.29, 0.717) is 23.5 Å². The Morgan fingerprint density at radius 2 is 2.06 bits per heavy atom. The molecule has 0 aromatic carbocycles. The van der Waals surface area contributed by atoms with Crippen LogP contribution in [0.15, 0.2) is 0 Å². The third kappa shape index (κ3) is 5.96. The molecule has 17 heavy (non-hydrogen) atoms. The molecule has 98 valence electrons. The van der Waals surface area contributed by atoms with Gasteiger partial charge in [-0.15, -0.1) is 0 Å². The van der Waals surface area contributed by atoms with Crippen LogP contribution >= 0.6 is 11.8 Å². The normalized spacial score (nSPS) is 24.3. The maximum absolute atomic E-state index is 11.6. The SMILES string of the molecule is C[C@H]1CCCC[C@@H]1NC(=O)CSCCC(=O)O. The van der Waals surface area contributed by atoms with Crippen LogP contribution < -0.4 is 5.32 Å². The molecule has 1 fully saturated rings. The van der Waals surface area contributed by atoms with E-state index in [2.05, 4.69) is 12.2 Å². The third-order valence-electron chi connectivity index (χ3n) is 3.15. The molecule has 1 aliphatic carbocycles. The number of carboxylic acids is 1. The zero-order valence-corrected chi connectivity index (χ0v) is 11.1. The Morgan fingerprint density at radius 1 is 1.35 bits per heavy atom. The number of carboxylic acid groups (broad SMARTS) is 1. The standard InChI is InChI=1S/C12H21NO3S/c1-9-4-2-3-5-10(9)13-11(14)8-17-7-6-12(15)16/h9-10H,2-8H2,1H3,(H,13,14)(H,15,16)/t9-,10-/m0/s1. The van der Waals surface area contributed by atoms with Gasteiger partial charge in [0.1, 0.15) is 0 Å². The molecule has 0 aliphatic heterocycles. The van der Waals surface area contributed by atoms with Crippen molar-refractivity contribution in [2.24, 2.45) is 5.92 Å². The Labute approximate surface area is 107 Å². The van der Waals surface area contributed by atoms with Gasteiger partial charge in [-0.3, -0.25) is 9.59 Å². The predicted molar refractivity (Wildman–Crippen MR) is 69.1 cm³/mol. The van der Waals surface area contributed by atoms with Crippen LogP contribution in [0, 0.1) is 5.92 Å². The molecule has 1 saturated carbocycles. The maximum Gasteiger partial charge on any atom is 0.304 e. The highest BCUT2D eigenvalue weighted by Crippen LogP contribution is 2.23. The first-order valence-corrected chi connectivity index (χ1v) is 7.34. The van der Waals surface area contributed by atoms with Crippen LogP contribution in [0.1, 0.15) is 39.0 Å². The predicted octanol–water partition coefficient (Wildman–Crippen LogP) is 1.89. The molecule has 0 aromatic rings. The van der Waals surface area contributed by atoms with E-state index >= 15 is 0 Å². The highest BCUT2D eigenvalue weighted by atomic mass is 32.2. The zero-order chi connectivity index (χ0) is 12.7. The lowest BCUT2D eigenvalue weighted by Crippen LogP contribution is -2.41. The highest BCUT2D eigenvalue weighted by Gasteiger charge is 2.22. The molecule has 1 aliphatic rings. The molecule has 2 atom stereocenters. The number of hydrogen-bond donors (Lipinski definition) is 2. The van der Waals surface area contributed by atoms with Crippen LogP contribution in [0.5, 0.6) is 0 Å². The summed E-state index contributed by atoms with van der Waals surface area (Å²) >= 11 is 1.39. The van der Waals surface area contributed by atoms with Gasteiger partial charge in [0.2, 0.25) is 5.91 Å². The summed E-state index contributed by atoms with van der Waals surface area (Å²) in [4.78, 5) is 21.9. The van der Waals surface area contributed by atoms with Gasteiger partial charge >= 0.3 is 5.97 Å². The average molecular weight is 259 g/mol. The highest BCUT2D eigenvalue weighted by molar-refractivity contribution is 7.99. The fraction of sp³-hybridized carbons (Fsp3) is 0.833. The largest absolute Gasteiger partial charge is 0.481 e. The van der Waals surface area contributed by atoms with Crippen LogP contribution in [0.25, 0.3) is 0 Å². The number of amides is 1. The molecule has 2 N–H and O–H groups in total. The van der Waals surface area contributed by atoms with Gasteiger partial charge in [-0.2, -0.15) is 11.8 Å². The molecule has 0 aromatic heterocycles. The van der Waals surface area contributed by atoms with E-state index in [9.17, 15) is 9.59 Å². The van der Waals surface area contributed by atoms with Crippen molar-refractivity contribution < 1.29 is 14.7 Å². The summed E-state index contributed by atoms with van der Waals surface area (Å²) in [6.07, 6.45) is 4.85. The summed E-state index contributed by atoms with van der Waals surface area (Å²) in [5.41, 5.74) is 0. The van der Waals surface area contributed by atoms with E-state index in [-0.39, 0.29) is 12.3 Å². The Morgan fingerprint density at radius 3 is 2.71 bits per heavy atom. The van der Waals surface area contributed by atoms with Gasteiger partial charge in [0.15, 0.2) is 0 Å². The van der Waals surface area contributed by atoms with E-state index in [1.54, 1.807) is 0 Å². The van der Waals surface area contributed by atoms with Gasteiger partial charge < -0.3 is 10.4 Å². The van der Waals surface area contributed by atoms with E-state index < -0.39 is 5.97 Å². The Hall–Kier alpha value is -0.710. The first-order valence-electron chi connectivity index (χ1n) is 6.18. The number of rotatable bonds is 6. The quantitative estimate of drug-likeness (QED) is 0.715. The molecule has 0 bridgehead atoms. The number of nitrogens with one attached hydrogen (secondary N) is 1. The maximum atomic E-state index is 11.6. The minimum atomic E-state index is -0.807. The van der Waals surface area contributed by atoms with Crippen molar-refractivity contribution in [3.05, 3.63) is 0 Å². The molecule has 0 unspecified atom stereocenters. The van der Waals surface area contributed by atoms with E-state index in [0.717, 1.165) is 6.42 Å². The number of hydrogen-bond acceptors (Lipinski definition) is 3. The van der Waals surface area contributed by atoms with Crippen molar-refractivity contribution in [2.75, 3.05) is 11.5 Å². The topological polar surface area (TPSA) is 66.4 Å². The van der Waals surface area contributed by atoms with Crippen molar-refractivity contribution in [3.8, 4) is 0 Å². The lowest BCUT2D eigenvalue weighted by atomic mass is 9.86. The molecular weight excluding hydrogens is 238 g/mol. The second-order valence-electron chi connectivity index (χ2n) is 4.63. The molecule has 1 amide bonds. The van der Waals surface area contributed by atoms with Gasteiger partial charge in [0, 0.05) is 11.8 Å². The lowest BCUT2D eigenvalue weighted by Gasteiger charge is -2.29. The van der Waals surface area contributed by atoms with Crippen LogP contribution in [-0.4, -0.2) is 34.5 Å². The Bertz CT molecular complexity index is 270. The fourth-order valence-electron chi connectivity index (χ4n) is 2.10. The molecular formula is C12H21NO3S. The monoisotopic (exact) mass is 259 g/mol. The summed E-state index contributed by atoms with van der Waals surface area (Å²) in [6, 6.07) is 0.316. The van der Waals surface area contributed by atoms with Crippen molar-refractivity contribution in [1.29, 1.82) is 0 Å². The number of thioether (sulfide) groups is 1. The first-order chi connectivity index (χ1) is 8.09. The van der Waals surface area contributed by atoms with Crippen molar-refractivity contribution in [1.82, 2.24) is 5.32 Å². The van der Waals surface area contributed by atoms with Crippen molar-refractivity contribution >= 4 is 23.6 Å². The van der Waals surface area contributed by atoms with Crippen molar-refractivity contribution in [2.45, 2.75) is 45.1 Å². The molecule has 0 saturated heterocycles. The van der Waals surface area contributed by atoms with E-state index in [4.69, 9.17) is 5.11 Å². The smallest absolute Gasteiger partial charge is 0.304 e. The van der Waals surface area contributed by atoms with Gasteiger partial charge in [-0.25, -0.2) is 0 Å². The molecule has 5 heteroatoms. The zero-order valence-electron chi connectivity index (χ0n) is 10.3. The van der Waals surface area contributed by atoms with Crippen LogP contribution in [0.3, 0.4) is 0 Å². The summed E-state index contributed by atoms with van der Waals surface area (Å²) in [5.74, 6) is 0.675. The molecule has 0 heterocycles. The molecule has 4 nitrogen and oxygen atoms in total. The second kappa shape index (κ2) is 7.58. The van der Waals surface area contributed by atoms with Crippen molar-refractivity contribution in [3.63, 3.8) is 0 Å². The van der Waals surface area contributed by atoms with Gasteiger partial charge in [-0.05, 0) is 18.8 Å². The molecule has 1 rings (SSSR count). The van der Waals surface area contributed by atoms with E-state index in [1.165, 1.54) is 31.0 Å². The van der Waals surface area contributed by atoms with E-state index in [1.807, 2.05) is 0 Å². The number of carbonyl (C=O) groups excluding carboxylic acids is 1. The number of aliphatic carboxylic acids is 1. The molecule has 0 radical (unpaired) electrons. The summed E-state index contributed by atoms with van der Waals surface area (Å²) in [5, 5.41) is 11.5. The summed E-state index contributed by atoms with van der Waals surface area (Å²) in [7, 11) is 0. The van der Waals surface area contributed by atoms with Crippen LogP contribution in [0.4, 0.5) is 0 Å². The van der Waals surface area contributed by atoms with Gasteiger partial charge in [0.25, 0.3) is 0 Å². The minimum Gasteiger partial charge on any atom is -0.481 e. The molecule has 0 spiro atoms. The summed E-state index contributed by atoms with van der Waals surface area (Å²) < 4.78 is 0. The first kappa shape index (κ1) is 14.4.